The van der Waals surface area contributed by atoms with Gasteiger partial charge in [-0.25, -0.2) is 13.6 Å². The highest BCUT2D eigenvalue weighted by molar-refractivity contribution is 5.81. The fourth-order valence-electron chi connectivity index (χ4n) is 7.51. The molecule has 0 radical (unpaired) electrons. The minimum absolute atomic E-state index is 0.0331. The predicted molar refractivity (Wildman–Crippen MR) is 165 cm³/mol. The summed E-state index contributed by atoms with van der Waals surface area (Å²) >= 11 is 0. The SMILES string of the molecule is CC(C)(C)N1C[C@@H](C(=O)N2CCC3(CC2)CC(NC(=O)OCc2ccccc2)c2ccccc23)[C@H](c2ccc(F)cc2F)C1. The molecule has 6 rings (SSSR count). The van der Waals surface area contributed by atoms with Crippen molar-refractivity contribution in [2.75, 3.05) is 26.2 Å². The van der Waals surface area contributed by atoms with Crippen molar-refractivity contribution in [3.05, 3.63) is 107 Å². The largest absolute Gasteiger partial charge is 0.445 e. The number of carbonyl (C=O) groups is 2. The fraction of sp³-hybridized carbons (Fsp3) is 0.444. The molecule has 1 N–H and O–H groups in total. The number of nitrogens with one attached hydrogen (secondary N) is 1. The monoisotopic (exact) mass is 601 g/mol. The Bertz CT molecular complexity index is 1510. The number of ether oxygens (including phenoxy) is 1. The molecule has 0 aromatic heterocycles. The van der Waals surface area contributed by atoms with Crippen LogP contribution in [-0.4, -0.2) is 53.5 Å². The standard InChI is InChI=1S/C36H41F2N3O3/c1-35(2,3)41-21-28(26-14-13-25(37)19-31(26)38)29(22-41)33(42)40-17-15-36(16-18-40)20-32(27-11-7-8-12-30(27)36)39-34(43)44-23-24-9-5-4-6-10-24/h4-14,19,28-29,32H,15-18,20-23H2,1-3H3,(H,39,43)/t28-,29+,32?/m0/s1. The molecule has 232 valence electrons. The molecule has 2 aliphatic heterocycles. The van der Waals surface area contributed by atoms with Crippen molar-refractivity contribution in [1.82, 2.24) is 15.1 Å². The zero-order valence-corrected chi connectivity index (χ0v) is 25.7. The first-order chi connectivity index (χ1) is 21.0. The number of hydrogen-bond acceptors (Lipinski definition) is 4. The molecular weight excluding hydrogens is 560 g/mol. The Hall–Kier alpha value is -3.78. The van der Waals surface area contributed by atoms with E-state index in [0.29, 0.717) is 31.7 Å². The number of hydrogen-bond donors (Lipinski definition) is 1. The van der Waals surface area contributed by atoms with Gasteiger partial charge in [0.1, 0.15) is 18.2 Å². The summed E-state index contributed by atoms with van der Waals surface area (Å²) in [5, 5.41) is 3.10. The lowest BCUT2D eigenvalue weighted by Gasteiger charge is -2.41. The van der Waals surface area contributed by atoms with Crippen molar-refractivity contribution in [1.29, 1.82) is 0 Å². The highest BCUT2D eigenvalue weighted by Crippen LogP contribution is 2.51. The smallest absolute Gasteiger partial charge is 0.407 e. The van der Waals surface area contributed by atoms with Gasteiger partial charge in [0.2, 0.25) is 5.91 Å². The lowest BCUT2D eigenvalue weighted by atomic mass is 9.73. The minimum Gasteiger partial charge on any atom is -0.445 e. The van der Waals surface area contributed by atoms with Gasteiger partial charge >= 0.3 is 6.09 Å². The average Bonchev–Trinajstić information content (AvgIpc) is 3.58. The van der Waals surface area contributed by atoms with Crippen molar-refractivity contribution in [3.63, 3.8) is 0 Å². The number of carbonyl (C=O) groups excluding carboxylic acids is 2. The fourth-order valence-corrected chi connectivity index (χ4v) is 7.51. The van der Waals surface area contributed by atoms with Gasteiger partial charge in [-0.2, -0.15) is 0 Å². The van der Waals surface area contributed by atoms with E-state index in [9.17, 15) is 18.4 Å². The van der Waals surface area contributed by atoms with Crippen LogP contribution in [0.25, 0.3) is 0 Å². The molecule has 2 fully saturated rings. The third kappa shape index (κ3) is 5.96. The summed E-state index contributed by atoms with van der Waals surface area (Å²) in [6.45, 7) is 8.75. The molecule has 8 heteroatoms. The van der Waals surface area contributed by atoms with Crippen molar-refractivity contribution in [2.45, 2.75) is 69.6 Å². The number of benzene rings is 3. The molecule has 1 unspecified atom stereocenters. The molecule has 2 amide bonds. The number of alkyl carbamates (subject to hydrolysis) is 1. The Balaban J connectivity index is 1.15. The second kappa shape index (κ2) is 12.0. The lowest BCUT2D eigenvalue weighted by Crippen LogP contribution is -2.48. The molecule has 3 aliphatic rings. The van der Waals surface area contributed by atoms with Gasteiger partial charge < -0.3 is 15.0 Å². The highest BCUT2D eigenvalue weighted by Gasteiger charge is 2.49. The summed E-state index contributed by atoms with van der Waals surface area (Å²) in [4.78, 5) is 31.1. The van der Waals surface area contributed by atoms with Crippen molar-refractivity contribution in [3.8, 4) is 0 Å². The van der Waals surface area contributed by atoms with Crippen LogP contribution in [0.3, 0.4) is 0 Å². The van der Waals surface area contributed by atoms with E-state index in [2.05, 4.69) is 43.1 Å². The normalized spacial score (nSPS) is 23.0. The molecule has 0 saturated carbocycles. The molecule has 0 bridgehead atoms. The van der Waals surface area contributed by atoms with E-state index >= 15 is 0 Å². The van der Waals surface area contributed by atoms with Gasteiger partial charge in [-0.3, -0.25) is 9.69 Å². The lowest BCUT2D eigenvalue weighted by molar-refractivity contribution is -0.137. The third-order valence-electron chi connectivity index (χ3n) is 9.99. The molecule has 2 saturated heterocycles. The quantitative estimate of drug-likeness (QED) is 0.353. The van der Waals surface area contributed by atoms with Gasteiger partial charge in [0.15, 0.2) is 0 Å². The first kappa shape index (κ1) is 30.3. The van der Waals surface area contributed by atoms with Crippen molar-refractivity contribution >= 4 is 12.0 Å². The number of fused-ring (bicyclic) bond motifs is 2. The van der Waals surface area contributed by atoms with Gasteiger partial charge in [0.25, 0.3) is 0 Å². The second-order valence-electron chi connectivity index (χ2n) is 13.6. The number of amides is 2. The van der Waals surface area contributed by atoms with Crippen molar-refractivity contribution < 1.29 is 23.1 Å². The van der Waals surface area contributed by atoms with Gasteiger partial charge in [-0.05, 0) is 68.4 Å². The zero-order chi connectivity index (χ0) is 31.1. The molecule has 44 heavy (non-hydrogen) atoms. The molecule has 3 aromatic carbocycles. The number of nitrogens with zero attached hydrogens (tertiary/aromatic N) is 2. The molecule has 3 atom stereocenters. The number of likely N-dealkylation sites (tertiary alicyclic amines) is 2. The third-order valence-corrected chi connectivity index (χ3v) is 9.99. The van der Waals surface area contributed by atoms with Gasteiger partial charge in [0.05, 0.1) is 12.0 Å². The maximum atomic E-state index is 15.0. The Labute approximate surface area is 258 Å². The molecule has 6 nitrogen and oxygen atoms in total. The van der Waals surface area contributed by atoms with E-state index in [1.165, 1.54) is 17.7 Å². The molecule has 2 heterocycles. The summed E-state index contributed by atoms with van der Waals surface area (Å²) in [6.07, 6.45) is 1.86. The van der Waals surface area contributed by atoms with Crippen LogP contribution in [0.4, 0.5) is 13.6 Å². The first-order valence-corrected chi connectivity index (χ1v) is 15.6. The van der Waals surface area contributed by atoms with Crippen LogP contribution >= 0.6 is 0 Å². The van der Waals surface area contributed by atoms with E-state index in [-0.39, 0.29) is 35.4 Å². The van der Waals surface area contributed by atoms with Crippen LogP contribution in [0.15, 0.2) is 72.8 Å². The number of halogens is 2. The Morgan fingerprint density at radius 2 is 1.64 bits per heavy atom. The van der Waals surface area contributed by atoms with Crippen LogP contribution in [0.2, 0.25) is 0 Å². The van der Waals surface area contributed by atoms with Gasteiger partial charge in [0, 0.05) is 49.1 Å². The van der Waals surface area contributed by atoms with E-state index in [1.807, 2.05) is 47.4 Å². The topological polar surface area (TPSA) is 61.9 Å². The van der Waals surface area contributed by atoms with E-state index in [4.69, 9.17) is 4.74 Å². The number of rotatable bonds is 5. The Kier molecular flexibility index (Phi) is 8.22. The number of piperidine rings is 1. The maximum Gasteiger partial charge on any atom is 0.407 e. The summed E-state index contributed by atoms with van der Waals surface area (Å²) in [6, 6.07) is 21.4. The zero-order valence-electron chi connectivity index (χ0n) is 25.7. The van der Waals surface area contributed by atoms with E-state index in [0.717, 1.165) is 36.5 Å². The Morgan fingerprint density at radius 1 is 0.932 bits per heavy atom. The van der Waals surface area contributed by atoms with Gasteiger partial charge in [-0.1, -0.05) is 60.7 Å². The summed E-state index contributed by atoms with van der Waals surface area (Å²) < 4.78 is 34.3. The molecule has 1 spiro atoms. The van der Waals surface area contributed by atoms with Crippen LogP contribution in [0.1, 0.15) is 74.2 Å². The summed E-state index contributed by atoms with van der Waals surface area (Å²) in [5.74, 6) is -1.93. The van der Waals surface area contributed by atoms with Crippen LogP contribution in [-0.2, 0) is 21.6 Å². The summed E-state index contributed by atoms with van der Waals surface area (Å²) in [7, 11) is 0. The minimum atomic E-state index is -0.616. The van der Waals surface area contributed by atoms with Gasteiger partial charge in [-0.15, -0.1) is 0 Å². The molecule has 3 aromatic rings. The molecule has 1 aliphatic carbocycles. The Morgan fingerprint density at radius 3 is 2.34 bits per heavy atom. The average molecular weight is 602 g/mol. The first-order valence-electron chi connectivity index (χ1n) is 15.6. The molecular formula is C36H41F2N3O3. The van der Waals surface area contributed by atoms with Crippen molar-refractivity contribution in [2.24, 2.45) is 5.92 Å². The van der Waals surface area contributed by atoms with E-state index < -0.39 is 23.6 Å². The van der Waals surface area contributed by atoms with Crippen LogP contribution in [0, 0.1) is 17.6 Å². The maximum absolute atomic E-state index is 15.0. The second-order valence-corrected chi connectivity index (χ2v) is 13.6. The summed E-state index contributed by atoms with van der Waals surface area (Å²) in [5.41, 5.74) is 3.33. The van der Waals surface area contributed by atoms with E-state index in [1.54, 1.807) is 0 Å². The predicted octanol–water partition coefficient (Wildman–Crippen LogP) is 6.71. The highest BCUT2D eigenvalue weighted by atomic mass is 19.1. The van der Waals surface area contributed by atoms with Crippen LogP contribution in [0.5, 0.6) is 0 Å². The van der Waals surface area contributed by atoms with Crippen LogP contribution < -0.4 is 5.32 Å².